The molecule has 0 radical (unpaired) electrons. The van der Waals surface area contributed by atoms with Gasteiger partial charge in [0.05, 0.1) is 5.41 Å². The van der Waals surface area contributed by atoms with E-state index in [0.717, 1.165) is 0 Å². The SMILES string of the molecule is CC=C(c1ccccc1)C(c1ccccc1)(c1ccccc1)c1ccccc1. The summed E-state index contributed by atoms with van der Waals surface area (Å²) in [5.41, 5.74) is 5.94. The first-order chi connectivity index (χ1) is 13.9. The van der Waals surface area contributed by atoms with Gasteiger partial charge in [0, 0.05) is 0 Å². The van der Waals surface area contributed by atoms with Crippen molar-refractivity contribution in [1.82, 2.24) is 0 Å². The van der Waals surface area contributed by atoms with Crippen molar-refractivity contribution in [3.8, 4) is 0 Å². The third-order valence-corrected chi connectivity index (χ3v) is 5.40. The highest BCUT2D eigenvalue weighted by Gasteiger charge is 2.40. The lowest BCUT2D eigenvalue weighted by molar-refractivity contribution is 0.799. The van der Waals surface area contributed by atoms with Crippen molar-refractivity contribution in [2.24, 2.45) is 0 Å². The molecule has 0 unspecified atom stereocenters. The van der Waals surface area contributed by atoms with Crippen molar-refractivity contribution in [3.05, 3.63) is 150 Å². The molecule has 0 aromatic heterocycles. The van der Waals surface area contributed by atoms with E-state index in [1.165, 1.54) is 27.8 Å². The average Bonchev–Trinajstić information content (AvgIpc) is 2.80. The smallest absolute Gasteiger partial charge is 0.0704 e. The zero-order chi connectivity index (χ0) is 19.2. The van der Waals surface area contributed by atoms with Gasteiger partial charge >= 0.3 is 0 Å². The van der Waals surface area contributed by atoms with E-state index >= 15 is 0 Å². The van der Waals surface area contributed by atoms with Gasteiger partial charge in [-0.2, -0.15) is 0 Å². The quantitative estimate of drug-likeness (QED) is 0.332. The topological polar surface area (TPSA) is 0 Å². The number of hydrogen-bond acceptors (Lipinski definition) is 0. The Morgan fingerprint density at radius 3 is 1.14 bits per heavy atom. The molecule has 0 heteroatoms. The maximum atomic E-state index is 2.27. The molecule has 4 rings (SSSR count). The third kappa shape index (κ3) is 3.08. The first kappa shape index (κ1) is 18.0. The van der Waals surface area contributed by atoms with Crippen LogP contribution in [0.1, 0.15) is 29.2 Å². The Labute approximate surface area is 167 Å². The summed E-state index contributed by atoms with van der Waals surface area (Å²) in [6, 6.07) is 43.2. The largest absolute Gasteiger partial charge is 0.0822 e. The number of hydrogen-bond donors (Lipinski definition) is 0. The molecule has 4 aromatic carbocycles. The molecule has 0 N–H and O–H groups in total. The molecule has 136 valence electrons. The van der Waals surface area contributed by atoms with Crippen LogP contribution in [0, 0.1) is 0 Å². The van der Waals surface area contributed by atoms with Gasteiger partial charge in [-0.05, 0) is 34.8 Å². The highest BCUT2D eigenvalue weighted by molar-refractivity contribution is 5.83. The summed E-state index contributed by atoms with van der Waals surface area (Å²) in [6.45, 7) is 2.14. The van der Waals surface area contributed by atoms with Gasteiger partial charge in [-0.1, -0.05) is 127 Å². The van der Waals surface area contributed by atoms with Crippen LogP contribution in [0.3, 0.4) is 0 Å². The summed E-state index contributed by atoms with van der Waals surface area (Å²) in [5, 5.41) is 0. The van der Waals surface area contributed by atoms with E-state index in [1.54, 1.807) is 0 Å². The van der Waals surface area contributed by atoms with Gasteiger partial charge in [-0.3, -0.25) is 0 Å². The molecule has 0 spiro atoms. The maximum absolute atomic E-state index is 2.27. The first-order valence-corrected chi connectivity index (χ1v) is 9.76. The monoisotopic (exact) mass is 360 g/mol. The van der Waals surface area contributed by atoms with E-state index in [1.807, 2.05) is 0 Å². The van der Waals surface area contributed by atoms with Gasteiger partial charge in [0.15, 0.2) is 0 Å². The second-order valence-corrected chi connectivity index (χ2v) is 6.92. The molecule has 0 aliphatic rings. The van der Waals surface area contributed by atoms with Crippen molar-refractivity contribution >= 4 is 5.57 Å². The molecule has 0 aliphatic carbocycles. The Bertz CT molecular complexity index is 934. The average molecular weight is 361 g/mol. The van der Waals surface area contributed by atoms with Gasteiger partial charge in [0.1, 0.15) is 0 Å². The van der Waals surface area contributed by atoms with E-state index in [4.69, 9.17) is 0 Å². The molecule has 0 fully saturated rings. The Hall–Kier alpha value is -3.38. The highest BCUT2D eigenvalue weighted by Crippen LogP contribution is 2.49. The lowest BCUT2D eigenvalue weighted by Crippen LogP contribution is -2.31. The summed E-state index contributed by atoms with van der Waals surface area (Å²) < 4.78 is 0. The van der Waals surface area contributed by atoms with Crippen molar-refractivity contribution < 1.29 is 0 Å². The van der Waals surface area contributed by atoms with Crippen LogP contribution in [0.15, 0.2) is 127 Å². The molecule has 28 heavy (non-hydrogen) atoms. The fourth-order valence-electron chi connectivity index (χ4n) is 4.25. The predicted octanol–water partition coefficient (Wildman–Crippen LogP) is 7.12. The maximum Gasteiger partial charge on any atom is 0.0704 e. The fourth-order valence-corrected chi connectivity index (χ4v) is 4.25. The number of benzene rings is 4. The Kier molecular flexibility index (Phi) is 5.21. The zero-order valence-electron chi connectivity index (χ0n) is 16.1. The summed E-state index contributed by atoms with van der Waals surface area (Å²) >= 11 is 0. The van der Waals surface area contributed by atoms with Crippen molar-refractivity contribution in [2.45, 2.75) is 12.3 Å². The van der Waals surface area contributed by atoms with Crippen LogP contribution in [-0.4, -0.2) is 0 Å². The minimum atomic E-state index is -0.389. The van der Waals surface area contributed by atoms with Crippen LogP contribution >= 0.6 is 0 Å². The van der Waals surface area contributed by atoms with Gasteiger partial charge in [-0.15, -0.1) is 0 Å². The first-order valence-electron chi connectivity index (χ1n) is 9.76. The standard InChI is InChI=1S/C28H24/c1-2-27(23-15-7-3-8-16-23)28(24-17-9-4-10-18-24,25-19-11-5-12-20-25)26-21-13-6-14-22-26/h2-22H,1H3. The highest BCUT2D eigenvalue weighted by atomic mass is 14.4. The van der Waals surface area contributed by atoms with Gasteiger partial charge in [-0.25, -0.2) is 0 Å². The molecular formula is C28H24. The van der Waals surface area contributed by atoms with Crippen LogP contribution in [0.4, 0.5) is 0 Å². The molecule has 0 heterocycles. The molecule has 4 aromatic rings. The Morgan fingerprint density at radius 1 is 0.500 bits per heavy atom. The second-order valence-electron chi connectivity index (χ2n) is 6.92. The van der Waals surface area contributed by atoms with Crippen molar-refractivity contribution in [3.63, 3.8) is 0 Å². The molecule has 0 saturated heterocycles. The van der Waals surface area contributed by atoms with E-state index in [0.29, 0.717) is 0 Å². The predicted molar refractivity (Wildman–Crippen MR) is 119 cm³/mol. The minimum Gasteiger partial charge on any atom is -0.0822 e. The minimum absolute atomic E-state index is 0.389. The van der Waals surface area contributed by atoms with E-state index in [2.05, 4.69) is 134 Å². The summed E-state index contributed by atoms with van der Waals surface area (Å²) in [7, 11) is 0. The van der Waals surface area contributed by atoms with Crippen molar-refractivity contribution in [2.75, 3.05) is 0 Å². The van der Waals surface area contributed by atoms with E-state index < -0.39 is 0 Å². The van der Waals surface area contributed by atoms with Gasteiger partial charge in [0.25, 0.3) is 0 Å². The zero-order valence-corrected chi connectivity index (χ0v) is 16.1. The lowest BCUT2D eigenvalue weighted by atomic mass is 9.63. The summed E-state index contributed by atoms with van der Waals surface area (Å²) in [6.07, 6.45) is 2.27. The van der Waals surface area contributed by atoms with Crippen LogP contribution < -0.4 is 0 Å². The molecule has 0 amide bonds. The fraction of sp³-hybridized carbons (Fsp3) is 0.0714. The van der Waals surface area contributed by atoms with Crippen LogP contribution in [0.25, 0.3) is 5.57 Å². The van der Waals surface area contributed by atoms with Gasteiger partial charge < -0.3 is 0 Å². The molecule has 0 saturated carbocycles. The normalized spacial score (nSPS) is 12.0. The van der Waals surface area contributed by atoms with Gasteiger partial charge in [0.2, 0.25) is 0 Å². The lowest BCUT2D eigenvalue weighted by Gasteiger charge is -2.39. The van der Waals surface area contributed by atoms with Crippen LogP contribution in [0.2, 0.25) is 0 Å². The molecule has 0 atom stereocenters. The molecular weight excluding hydrogens is 336 g/mol. The summed E-state index contributed by atoms with van der Waals surface area (Å²) in [4.78, 5) is 0. The Balaban J connectivity index is 2.13. The van der Waals surface area contributed by atoms with Crippen LogP contribution in [-0.2, 0) is 5.41 Å². The third-order valence-electron chi connectivity index (χ3n) is 5.40. The molecule has 0 bridgehead atoms. The molecule has 0 aliphatic heterocycles. The molecule has 0 nitrogen and oxygen atoms in total. The summed E-state index contributed by atoms with van der Waals surface area (Å²) in [5.74, 6) is 0. The second kappa shape index (κ2) is 8.10. The van der Waals surface area contributed by atoms with E-state index in [-0.39, 0.29) is 5.41 Å². The van der Waals surface area contributed by atoms with E-state index in [9.17, 15) is 0 Å². The van der Waals surface area contributed by atoms with Crippen molar-refractivity contribution in [1.29, 1.82) is 0 Å². The van der Waals surface area contributed by atoms with Crippen LogP contribution in [0.5, 0.6) is 0 Å². The Morgan fingerprint density at radius 2 is 0.821 bits per heavy atom. The number of allylic oxidation sites excluding steroid dienone is 2. The number of rotatable bonds is 5.